The Bertz CT molecular complexity index is 2910. The smallest absolute Gasteiger partial charge is 0.412 e. The van der Waals surface area contributed by atoms with Crippen LogP contribution in [0.1, 0.15) is 357 Å². The molecule has 113 heavy (non-hydrogen) atoms. The second-order valence-electron chi connectivity index (χ2n) is 44.3. The lowest BCUT2D eigenvalue weighted by atomic mass is 9.73. The Balaban J connectivity index is 0.000000144. The van der Waals surface area contributed by atoms with Gasteiger partial charge in [0.25, 0.3) is 0 Å². The molecule has 648 valence electrons. The van der Waals surface area contributed by atoms with Gasteiger partial charge in [0.1, 0.15) is 18.8 Å². The highest BCUT2D eigenvalue weighted by molar-refractivity contribution is 5.72. The van der Waals surface area contributed by atoms with Crippen molar-refractivity contribution in [3.05, 3.63) is 0 Å². The summed E-state index contributed by atoms with van der Waals surface area (Å²) in [5.41, 5.74) is 2.13. The maximum absolute atomic E-state index is 12.5. The van der Waals surface area contributed by atoms with Crippen LogP contribution in [0, 0.1) is 68.0 Å². The molecule has 15 aliphatic rings. The molecule has 2 aliphatic carbocycles. The maximum Gasteiger partial charge on any atom is 0.412 e. The molecule has 2 saturated carbocycles. The van der Waals surface area contributed by atoms with E-state index in [0.29, 0.717) is 137 Å². The zero-order valence-corrected chi connectivity index (χ0v) is 75.3. The fourth-order valence-electron chi connectivity index (χ4n) is 22.6. The van der Waals surface area contributed by atoms with Gasteiger partial charge in [0, 0.05) is 86.0 Å². The highest BCUT2D eigenvalue weighted by Gasteiger charge is 2.54. The van der Waals surface area contributed by atoms with E-state index in [9.17, 15) is 28.8 Å². The predicted octanol–water partition coefficient (Wildman–Crippen LogP) is 22.2. The van der Waals surface area contributed by atoms with E-state index in [4.69, 9.17) is 37.9 Å². The summed E-state index contributed by atoms with van der Waals surface area (Å²) in [6.45, 7) is 49.5. The van der Waals surface area contributed by atoms with E-state index in [2.05, 4.69) is 134 Å². The summed E-state index contributed by atoms with van der Waals surface area (Å²) in [4.78, 5) is 85.6. The number of carbonyl (C=O) groups excluding carboxylic acids is 6. The minimum absolute atomic E-state index is 0.0164. The number of ether oxygens (including phenoxy) is 8. The molecule has 0 spiro atoms. The van der Waals surface area contributed by atoms with E-state index in [1.807, 2.05) is 40.4 Å². The molecule has 6 amide bonds. The third kappa shape index (κ3) is 23.5. The van der Waals surface area contributed by atoms with E-state index in [-0.39, 0.29) is 61.2 Å². The first-order chi connectivity index (χ1) is 53.0. The number of carbonyl (C=O) groups is 6. The number of amides is 6. The molecule has 0 radical (unpaired) electrons. The molecule has 0 aromatic carbocycles. The lowest BCUT2D eigenvalue weighted by molar-refractivity contribution is -0.0863. The highest BCUT2D eigenvalue weighted by Crippen LogP contribution is 2.52. The average Bonchev–Trinajstić information content (AvgIpc) is 1.69. The van der Waals surface area contributed by atoms with Gasteiger partial charge in [-0.25, -0.2) is 28.8 Å². The van der Waals surface area contributed by atoms with Crippen molar-refractivity contribution in [1.29, 1.82) is 0 Å². The maximum atomic E-state index is 12.5. The summed E-state index contributed by atoms with van der Waals surface area (Å²) in [6, 6.07) is 4.98. The number of piperidine rings is 6. The molecule has 13 unspecified atom stereocenters. The largest absolute Gasteiger partial charge is 0.450 e. The summed E-state index contributed by atoms with van der Waals surface area (Å²) in [5.74, 6) is 4.40. The summed E-state index contributed by atoms with van der Waals surface area (Å²) >= 11 is 0. The Morgan fingerprint density at radius 3 is 0.779 bits per heavy atom. The third-order valence-electron chi connectivity index (χ3n) is 30.1. The van der Waals surface area contributed by atoms with E-state index in [1.54, 1.807) is 7.11 Å². The number of nitrogens with zero attached hydrogens (tertiary/aromatic N) is 6. The third-order valence-corrected chi connectivity index (χ3v) is 30.1. The lowest BCUT2D eigenvalue weighted by Gasteiger charge is -2.44. The van der Waals surface area contributed by atoms with Crippen molar-refractivity contribution in [3.8, 4) is 0 Å². The number of hydrogen-bond acceptors (Lipinski definition) is 14. The van der Waals surface area contributed by atoms with Gasteiger partial charge in [-0.15, -0.1) is 0 Å². The van der Waals surface area contributed by atoms with Crippen molar-refractivity contribution in [2.75, 3.05) is 33.5 Å². The van der Waals surface area contributed by atoms with Gasteiger partial charge in [-0.3, -0.25) is 0 Å². The molecule has 13 atom stereocenters. The Morgan fingerprint density at radius 2 is 0.558 bits per heavy atom. The molecule has 13 heterocycles. The topological polar surface area (TPSA) is 196 Å². The molecule has 13 aliphatic heterocycles. The van der Waals surface area contributed by atoms with Crippen molar-refractivity contribution in [2.24, 2.45) is 68.0 Å². The molecule has 0 aromatic heterocycles. The van der Waals surface area contributed by atoms with Crippen LogP contribution in [0.3, 0.4) is 0 Å². The van der Waals surface area contributed by atoms with Crippen LogP contribution >= 0.6 is 0 Å². The van der Waals surface area contributed by atoms with Crippen LogP contribution in [0.25, 0.3) is 0 Å². The first kappa shape index (κ1) is 90.9. The van der Waals surface area contributed by atoms with Crippen LogP contribution in [0.15, 0.2) is 0 Å². The highest BCUT2D eigenvalue weighted by atomic mass is 16.7. The fraction of sp³-hybridized carbons (Fsp3) is 0.935. The van der Waals surface area contributed by atoms with E-state index >= 15 is 0 Å². The number of hydrogen-bond donors (Lipinski definition) is 0. The van der Waals surface area contributed by atoms with Crippen LogP contribution in [-0.2, 0) is 37.9 Å². The average molecular weight is 1590 g/mol. The summed E-state index contributed by atoms with van der Waals surface area (Å²) < 4.78 is 43.0. The van der Waals surface area contributed by atoms with Crippen molar-refractivity contribution in [1.82, 2.24) is 29.4 Å². The van der Waals surface area contributed by atoms with E-state index in [0.717, 1.165) is 172 Å². The number of rotatable bonds is 8. The van der Waals surface area contributed by atoms with Gasteiger partial charge < -0.3 is 67.3 Å². The lowest BCUT2D eigenvalue weighted by Crippen LogP contribution is -2.50. The zero-order valence-electron chi connectivity index (χ0n) is 75.3. The van der Waals surface area contributed by atoms with Gasteiger partial charge in [0.2, 0.25) is 6.29 Å². The second-order valence-corrected chi connectivity index (χ2v) is 44.3. The molecule has 15 fully saturated rings. The summed E-state index contributed by atoms with van der Waals surface area (Å²) in [5, 5.41) is 0. The Kier molecular flexibility index (Phi) is 30.8. The van der Waals surface area contributed by atoms with Crippen molar-refractivity contribution in [2.45, 2.75) is 454 Å². The Hall–Kier alpha value is -4.46. The molecular weight excluding hydrogens is 1430 g/mol. The van der Waals surface area contributed by atoms with Gasteiger partial charge in [-0.1, -0.05) is 125 Å². The molecule has 12 bridgehead atoms. The molecule has 0 aromatic rings. The zero-order chi connectivity index (χ0) is 82.4. The molecule has 20 heteroatoms. The predicted molar refractivity (Wildman–Crippen MR) is 445 cm³/mol. The number of methoxy groups -OCH3 is 1. The van der Waals surface area contributed by atoms with Crippen LogP contribution < -0.4 is 0 Å². The molecule has 20 nitrogen and oxygen atoms in total. The molecule has 13 saturated heterocycles. The van der Waals surface area contributed by atoms with Crippen LogP contribution in [0.2, 0.25) is 0 Å². The quantitative estimate of drug-likeness (QED) is 0.164. The summed E-state index contributed by atoms with van der Waals surface area (Å²) in [7, 11) is 1.62. The Morgan fingerprint density at radius 1 is 0.310 bits per heavy atom. The standard InChI is InChI=1S/C17H29NO2.C16H27NO3.C16H27NO2.C15H27NO3.C15H27NO2.C14H25NO2/c1-17(2,3)12-10-13-8-9-14(11-12)18(13)16(19)20-15-6-4-5-7-15;1-16(2,3)11-9-12-6-7-13(10-11)17(12)15(18)20-14-5-4-8-19-14;1-16(2,3)11-9-12-7-8-13(10-11)17(12)15(18)19-14-5-4-6-14;1-15(2,3)11-9-12-5-6-13(10-11)16(12)14(17)19-8-7-18-4;1-10(2)18-14(17)16-12-6-7-13(16)9-11(8-12)15(3,4)5;1-5-17-13(16)15-11-6-7-12(15)9-10(8-11)14(2,3)4/h12-15H,4-11H2,1-3H3;11-14H,4-10H2,1-3H3;11-14H,4-10H2,1-3H3;11-13H,5-10H2,1-4H3;10-13H,6-9H2,1-5H3;10-12H,5-9H2,1-4H3. The van der Waals surface area contributed by atoms with E-state index in [1.165, 1.54) is 70.6 Å². The van der Waals surface area contributed by atoms with Crippen molar-refractivity contribution in [3.63, 3.8) is 0 Å². The van der Waals surface area contributed by atoms with Crippen molar-refractivity contribution >= 4 is 36.6 Å². The fourth-order valence-corrected chi connectivity index (χ4v) is 22.6. The minimum atomic E-state index is -0.303. The van der Waals surface area contributed by atoms with E-state index < -0.39 is 0 Å². The first-order valence-corrected chi connectivity index (χ1v) is 46.0. The monoisotopic (exact) mass is 1590 g/mol. The summed E-state index contributed by atoms with van der Waals surface area (Å²) in [6.07, 6.45) is 37.0. The molecule has 15 rings (SSSR count). The first-order valence-electron chi connectivity index (χ1n) is 46.0. The molecule has 0 N–H and O–H groups in total. The normalized spacial score (nSPS) is 33.7. The SMILES string of the molecule is CC(C)(C)C1CC2CCC(C1)N2C(=O)OC1CCC1.CC(C)(C)C1CC2CCC(C1)N2C(=O)OC1CCCC1.CC(C)(C)C1CC2CCC(C1)N2C(=O)OC1CCCO1.CC(C)OC(=O)N1C2CCC1CC(C(C)(C)C)C2.CCOC(=O)N1C2CCC1CC(C(C)(C)C)C2.COCCOC(=O)N1C2CCC1CC(C(C)(C)C)C2. The number of fused-ring (bicyclic) bond motifs is 12. The molecular formula is C93H162N6O14. The van der Waals surface area contributed by atoms with Gasteiger partial charge in [-0.2, -0.15) is 0 Å². The minimum Gasteiger partial charge on any atom is -0.450 e. The van der Waals surface area contributed by atoms with Crippen LogP contribution in [0.4, 0.5) is 28.8 Å². The second kappa shape index (κ2) is 38.3. The van der Waals surface area contributed by atoms with Gasteiger partial charge >= 0.3 is 36.6 Å². The van der Waals surface area contributed by atoms with Gasteiger partial charge in [0.05, 0.1) is 25.9 Å². The Labute approximate surface area is 685 Å². The van der Waals surface area contributed by atoms with Gasteiger partial charge in [0.15, 0.2) is 0 Å². The van der Waals surface area contributed by atoms with Crippen LogP contribution in [0.5, 0.6) is 0 Å². The van der Waals surface area contributed by atoms with Crippen LogP contribution in [-0.4, -0.2) is 197 Å². The van der Waals surface area contributed by atoms with Gasteiger partial charge in [-0.05, 0) is 294 Å². The van der Waals surface area contributed by atoms with Crippen molar-refractivity contribution < 1.29 is 66.7 Å².